The molecule has 0 aromatic rings. The smallest absolute Gasteiger partial charge is 0.143 e. The largest absolute Gasteiger partial charge is 1.00 e. The minimum atomic E-state index is 0. The molecule has 0 aliphatic rings. The summed E-state index contributed by atoms with van der Waals surface area (Å²) in [5, 5.41) is 0. The van der Waals surface area contributed by atoms with Gasteiger partial charge in [-0.25, -0.2) is 0 Å². The molecular weight excluding hydrogens is 372 g/mol. The van der Waals surface area contributed by atoms with E-state index >= 15 is 0 Å². The minimum absolute atomic E-state index is 0. The molecule has 0 spiro atoms. The van der Waals surface area contributed by atoms with Crippen LogP contribution in [0.25, 0.3) is 0 Å². The molecule has 0 rings (SSSR count). The van der Waals surface area contributed by atoms with Crippen LogP contribution in [0.15, 0.2) is 24.7 Å². The predicted molar refractivity (Wildman–Crippen MR) is 120 cm³/mol. The number of quaternary nitrogens is 1. The first kappa shape index (κ1) is 32.0. The molecule has 0 saturated carbocycles. The van der Waals surface area contributed by atoms with Crippen molar-refractivity contribution < 1.29 is 26.4 Å². The molecule has 0 fully saturated rings. The van der Waals surface area contributed by atoms with E-state index in [9.17, 15) is 0 Å². The van der Waals surface area contributed by atoms with Crippen molar-refractivity contribution in [3.8, 4) is 0 Å². The van der Waals surface area contributed by atoms with Gasteiger partial charge in [0.1, 0.15) is 18.1 Å². The fourth-order valence-electron chi connectivity index (χ4n) is 2.46. The lowest BCUT2D eigenvalue weighted by Gasteiger charge is -2.24. The fourth-order valence-corrected chi connectivity index (χ4v) is 2.46. The van der Waals surface area contributed by atoms with E-state index in [1.165, 1.54) is 38.5 Å². The third kappa shape index (κ3) is 30.0. The molecule has 0 unspecified atom stereocenters. The Labute approximate surface area is 183 Å². The van der Waals surface area contributed by atoms with Gasteiger partial charge in [0.05, 0.1) is 40.9 Å². The van der Waals surface area contributed by atoms with Crippen LogP contribution < -0.4 is 12.4 Å². The zero-order chi connectivity index (χ0) is 21.1. The second kappa shape index (κ2) is 21.0. The van der Waals surface area contributed by atoms with Gasteiger partial charge in [-0.05, 0) is 26.9 Å². The zero-order valence-corrected chi connectivity index (χ0v) is 20.7. The highest BCUT2D eigenvalue weighted by molar-refractivity contribution is 4.84. The molecule has 0 saturated heterocycles. The monoisotopic (exact) mass is 420 g/mol. The Balaban J connectivity index is -0.000000432. The number of ether oxygens (including phenoxy) is 2. The molecule has 0 aromatic heterocycles. The Morgan fingerprint density at radius 1 is 0.750 bits per heavy atom. The molecule has 0 aliphatic heterocycles. The zero-order valence-electron chi connectivity index (χ0n) is 20.0. The van der Waals surface area contributed by atoms with Crippen molar-refractivity contribution in [2.24, 2.45) is 0 Å². The van der Waals surface area contributed by atoms with Crippen LogP contribution in [0, 0.1) is 0 Å². The number of nitrogens with zero attached hydrogens (tertiary/aromatic N) is 2. The SMILES string of the molecule is C=C(CN(C)C)OCCCCCC.C=C(C[N+](C)(C)C)OCCCCCC.[Cl-]. The maximum Gasteiger partial charge on any atom is 0.143 e. The molecule has 0 aliphatic carbocycles. The van der Waals surface area contributed by atoms with Crippen molar-refractivity contribution in [1.29, 1.82) is 0 Å². The summed E-state index contributed by atoms with van der Waals surface area (Å²) >= 11 is 0. The summed E-state index contributed by atoms with van der Waals surface area (Å²) in [5.41, 5.74) is 0. The predicted octanol–water partition coefficient (Wildman–Crippen LogP) is 2.47. The third-order valence-electron chi connectivity index (χ3n) is 3.75. The van der Waals surface area contributed by atoms with Gasteiger partial charge in [-0.3, -0.25) is 0 Å². The van der Waals surface area contributed by atoms with Gasteiger partial charge in [0.15, 0.2) is 0 Å². The Morgan fingerprint density at radius 2 is 1.18 bits per heavy atom. The average Bonchev–Trinajstić information content (AvgIpc) is 2.53. The summed E-state index contributed by atoms with van der Waals surface area (Å²) in [5.74, 6) is 1.79. The van der Waals surface area contributed by atoms with E-state index in [2.05, 4.69) is 53.0 Å². The van der Waals surface area contributed by atoms with Crippen molar-refractivity contribution >= 4 is 0 Å². The number of hydrogen-bond acceptors (Lipinski definition) is 3. The van der Waals surface area contributed by atoms with Crippen LogP contribution in [-0.2, 0) is 9.47 Å². The van der Waals surface area contributed by atoms with E-state index in [1.807, 2.05) is 14.1 Å². The number of likely N-dealkylation sites (N-methyl/N-ethyl adjacent to an activating group) is 2. The van der Waals surface area contributed by atoms with Gasteiger partial charge in [0.25, 0.3) is 0 Å². The second-order valence-electron chi connectivity index (χ2n) is 8.58. The highest BCUT2D eigenvalue weighted by atomic mass is 35.5. The van der Waals surface area contributed by atoms with Gasteiger partial charge in [0.2, 0.25) is 0 Å². The van der Waals surface area contributed by atoms with Gasteiger partial charge >= 0.3 is 0 Å². The first-order valence-corrected chi connectivity index (χ1v) is 10.7. The lowest BCUT2D eigenvalue weighted by molar-refractivity contribution is -0.866. The topological polar surface area (TPSA) is 21.7 Å². The molecular formula is C23H49ClN2O2. The third-order valence-corrected chi connectivity index (χ3v) is 3.75. The number of rotatable bonds is 16. The van der Waals surface area contributed by atoms with Gasteiger partial charge in [-0.15, -0.1) is 0 Å². The van der Waals surface area contributed by atoms with Gasteiger partial charge < -0.3 is 31.3 Å². The Morgan fingerprint density at radius 3 is 1.54 bits per heavy atom. The summed E-state index contributed by atoms with van der Waals surface area (Å²) < 4.78 is 11.9. The van der Waals surface area contributed by atoms with E-state index in [1.54, 1.807) is 0 Å². The van der Waals surface area contributed by atoms with Crippen LogP contribution in [0.4, 0.5) is 0 Å². The molecule has 4 nitrogen and oxygen atoms in total. The van der Waals surface area contributed by atoms with Crippen molar-refractivity contribution in [2.45, 2.75) is 65.2 Å². The van der Waals surface area contributed by atoms with Gasteiger partial charge in [-0.1, -0.05) is 65.5 Å². The number of unbranched alkanes of at least 4 members (excludes halogenated alkanes) is 6. The van der Waals surface area contributed by atoms with Crippen LogP contribution >= 0.6 is 0 Å². The van der Waals surface area contributed by atoms with Crippen molar-refractivity contribution in [1.82, 2.24) is 4.90 Å². The first-order valence-electron chi connectivity index (χ1n) is 10.7. The molecule has 0 atom stereocenters. The highest BCUT2D eigenvalue weighted by Gasteiger charge is 2.09. The molecule has 0 radical (unpaired) electrons. The molecule has 0 aromatic carbocycles. The van der Waals surface area contributed by atoms with Crippen LogP contribution in [0.3, 0.4) is 0 Å². The van der Waals surface area contributed by atoms with Crippen molar-refractivity contribution in [3.05, 3.63) is 24.7 Å². The maximum atomic E-state index is 5.55. The van der Waals surface area contributed by atoms with Gasteiger partial charge in [-0.2, -0.15) is 0 Å². The van der Waals surface area contributed by atoms with Crippen molar-refractivity contribution in [3.63, 3.8) is 0 Å². The second-order valence-corrected chi connectivity index (χ2v) is 8.58. The van der Waals surface area contributed by atoms with E-state index in [0.717, 1.165) is 55.1 Å². The van der Waals surface area contributed by atoms with Crippen LogP contribution in [0.5, 0.6) is 0 Å². The summed E-state index contributed by atoms with van der Waals surface area (Å²) in [4.78, 5) is 2.06. The molecule has 0 heterocycles. The molecule has 0 bridgehead atoms. The van der Waals surface area contributed by atoms with Crippen LogP contribution in [0.1, 0.15) is 65.2 Å². The quantitative estimate of drug-likeness (QED) is 0.217. The Bertz CT molecular complexity index is 366. The molecule has 0 amide bonds. The van der Waals surface area contributed by atoms with E-state index < -0.39 is 0 Å². The summed E-state index contributed by atoms with van der Waals surface area (Å²) in [6.07, 6.45) is 10.0. The number of halogens is 1. The molecule has 5 heteroatoms. The van der Waals surface area contributed by atoms with E-state index in [4.69, 9.17) is 9.47 Å². The normalized spacial score (nSPS) is 10.6. The van der Waals surface area contributed by atoms with E-state index in [-0.39, 0.29) is 12.4 Å². The fraction of sp³-hybridized carbons (Fsp3) is 0.826. The lowest BCUT2D eigenvalue weighted by Crippen LogP contribution is -3.00. The maximum absolute atomic E-state index is 5.55. The van der Waals surface area contributed by atoms with Gasteiger partial charge in [0, 0.05) is 0 Å². The average molecular weight is 421 g/mol. The summed E-state index contributed by atoms with van der Waals surface area (Å²) in [6.45, 7) is 15.6. The van der Waals surface area contributed by atoms with Crippen molar-refractivity contribution in [2.75, 3.05) is 61.5 Å². The molecule has 0 N–H and O–H groups in total. The lowest BCUT2D eigenvalue weighted by atomic mass is 10.2. The molecule has 170 valence electrons. The Kier molecular flexibility index (Phi) is 24.0. The highest BCUT2D eigenvalue weighted by Crippen LogP contribution is 2.05. The minimum Gasteiger partial charge on any atom is -1.00 e. The summed E-state index contributed by atoms with van der Waals surface area (Å²) in [7, 11) is 10.5. The standard InChI is InChI=1S/C12H26NO.C11H23NO.ClH/c1-6-7-8-9-10-14-12(2)11-13(3,4)5;1-5-6-7-8-9-13-11(2)10-12(3)4;/h2,6-11H2,1,3-5H3;2,5-10H2,1,3-4H3;1H/q+1;;/p-1. The summed E-state index contributed by atoms with van der Waals surface area (Å²) in [6, 6.07) is 0. The Hall–Kier alpha value is -0.710. The first-order chi connectivity index (χ1) is 12.6. The van der Waals surface area contributed by atoms with E-state index in [0.29, 0.717) is 0 Å². The van der Waals surface area contributed by atoms with Crippen LogP contribution in [-0.4, -0.2) is 70.9 Å². The van der Waals surface area contributed by atoms with Crippen LogP contribution in [0.2, 0.25) is 0 Å². The number of hydrogen-bond donors (Lipinski definition) is 0. The molecule has 28 heavy (non-hydrogen) atoms.